The summed E-state index contributed by atoms with van der Waals surface area (Å²) in [5.74, 6) is 0.165. The van der Waals surface area contributed by atoms with Crippen molar-refractivity contribution in [3.05, 3.63) is 30.3 Å². The van der Waals surface area contributed by atoms with E-state index in [2.05, 4.69) is 10.2 Å². The Bertz CT molecular complexity index is 389. The van der Waals surface area contributed by atoms with Gasteiger partial charge >= 0.3 is 0 Å². The number of amides is 1. The van der Waals surface area contributed by atoms with Gasteiger partial charge in [0.2, 0.25) is 5.91 Å². The summed E-state index contributed by atoms with van der Waals surface area (Å²) in [5, 5.41) is 3.22. The van der Waals surface area contributed by atoms with Crippen molar-refractivity contribution in [1.29, 1.82) is 0 Å². The fourth-order valence-corrected chi connectivity index (χ4v) is 2.12. The van der Waals surface area contributed by atoms with Crippen molar-refractivity contribution in [2.24, 2.45) is 0 Å². The fourth-order valence-electron chi connectivity index (χ4n) is 2.12. The van der Waals surface area contributed by atoms with Gasteiger partial charge in [0.1, 0.15) is 0 Å². The number of hydrogen-bond donors (Lipinski definition) is 1. The van der Waals surface area contributed by atoms with Crippen LogP contribution in [0.15, 0.2) is 30.3 Å². The van der Waals surface area contributed by atoms with E-state index in [0.717, 1.165) is 18.8 Å². The molecule has 0 aromatic heterocycles. The quantitative estimate of drug-likeness (QED) is 0.841. The minimum absolute atomic E-state index is 0.165. The van der Waals surface area contributed by atoms with Crippen LogP contribution in [0.5, 0.6) is 0 Å². The molecule has 0 unspecified atom stereocenters. The van der Waals surface area contributed by atoms with Crippen LogP contribution >= 0.6 is 0 Å². The second kappa shape index (κ2) is 5.98. The molecule has 1 aromatic rings. The second-order valence-electron chi connectivity index (χ2n) is 4.70. The molecule has 98 valence electrons. The maximum atomic E-state index is 12.3. The van der Waals surface area contributed by atoms with E-state index in [1.807, 2.05) is 49.2 Å². The number of hydrogen-bond acceptors (Lipinski definition) is 3. The maximum Gasteiger partial charge on any atom is 0.241 e. The second-order valence-corrected chi connectivity index (χ2v) is 4.70. The van der Waals surface area contributed by atoms with Gasteiger partial charge in [-0.1, -0.05) is 18.2 Å². The highest BCUT2D eigenvalue weighted by molar-refractivity contribution is 5.94. The maximum absolute atomic E-state index is 12.3. The highest BCUT2D eigenvalue weighted by atomic mass is 16.2. The van der Waals surface area contributed by atoms with Crippen LogP contribution in [0.4, 0.5) is 5.69 Å². The Hall–Kier alpha value is -1.39. The third-order valence-electron chi connectivity index (χ3n) is 3.45. The molecule has 0 bridgehead atoms. The van der Waals surface area contributed by atoms with Gasteiger partial charge in [-0.05, 0) is 26.1 Å². The van der Waals surface area contributed by atoms with E-state index in [-0.39, 0.29) is 5.91 Å². The molecule has 1 N–H and O–H groups in total. The first kappa shape index (κ1) is 13.1. The standard InChI is InChI=1S/C14H21N3O/c1-3-17(12-7-5-4-6-8-12)14(18)11-16(2)13-9-15-10-13/h4-8,13,15H,3,9-11H2,1-2H3. The molecule has 1 aromatic carbocycles. The summed E-state index contributed by atoms with van der Waals surface area (Å²) in [6, 6.07) is 10.4. The van der Waals surface area contributed by atoms with Crippen molar-refractivity contribution in [3.63, 3.8) is 0 Å². The van der Waals surface area contributed by atoms with Crippen molar-refractivity contribution < 1.29 is 4.79 Å². The van der Waals surface area contributed by atoms with E-state index in [1.54, 1.807) is 0 Å². The molecule has 0 atom stereocenters. The van der Waals surface area contributed by atoms with Crippen molar-refractivity contribution in [3.8, 4) is 0 Å². The minimum atomic E-state index is 0.165. The van der Waals surface area contributed by atoms with Gasteiger partial charge in [0, 0.05) is 31.4 Å². The molecule has 0 aliphatic carbocycles. The highest BCUT2D eigenvalue weighted by Crippen LogP contribution is 2.13. The Balaban J connectivity index is 1.97. The van der Waals surface area contributed by atoms with Gasteiger partial charge in [0.15, 0.2) is 0 Å². The molecule has 2 rings (SSSR count). The lowest BCUT2D eigenvalue weighted by Crippen LogP contribution is -2.57. The molecule has 1 fully saturated rings. The smallest absolute Gasteiger partial charge is 0.241 e. The van der Waals surface area contributed by atoms with Crippen molar-refractivity contribution in [1.82, 2.24) is 10.2 Å². The molecular formula is C14H21N3O. The lowest BCUT2D eigenvalue weighted by molar-refractivity contribution is -0.120. The van der Waals surface area contributed by atoms with E-state index < -0.39 is 0 Å². The van der Waals surface area contributed by atoms with E-state index in [1.165, 1.54) is 0 Å². The number of nitrogens with one attached hydrogen (secondary N) is 1. The average Bonchev–Trinajstić information content (AvgIpc) is 2.28. The SMILES string of the molecule is CCN(C(=O)CN(C)C1CNC1)c1ccccc1. The third kappa shape index (κ3) is 2.89. The molecule has 4 nitrogen and oxygen atoms in total. The van der Waals surface area contributed by atoms with Crippen LogP contribution in [0.25, 0.3) is 0 Å². The van der Waals surface area contributed by atoms with Crippen LogP contribution < -0.4 is 10.2 Å². The molecule has 0 spiro atoms. The topological polar surface area (TPSA) is 35.6 Å². The first-order valence-electron chi connectivity index (χ1n) is 6.48. The van der Waals surface area contributed by atoms with Crippen LogP contribution in [0.1, 0.15) is 6.92 Å². The molecule has 4 heteroatoms. The number of nitrogens with zero attached hydrogens (tertiary/aromatic N) is 2. The molecular weight excluding hydrogens is 226 g/mol. The Labute approximate surface area is 109 Å². The summed E-state index contributed by atoms with van der Waals surface area (Å²) in [4.78, 5) is 16.3. The number of anilines is 1. The first-order chi connectivity index (χ1) is 8.72. The summed E-state index contributed by atoms with van der Waals surface area (Å²) in [6.45, 7) is 5.17. The number of rotatable bonds is 5. The lowest BCUT2D eigenvalue weighted by Gasteiger charge is -2.36. The van der Waals surface area contributed by atoms with E-state index in [9.17, 15) is 4.79 Å². The first-order valence-corrected chi connectivity index (χ1v) is 6.48. The molecule has 1 aliphatic rings. The highest BCUT2D eigenvalue weighted by Gasteiger charge is 2.24. The van der Waals surface area contributed by atoms with E-state index in [0.29, 0.717) is 19.1 Å². The third-order valence-corrected chi connectivity index (χ3v) is 3.45. The van der Waals surface area contributed by atoms with Crippen molar-refractivity contribution >= 4 is 11.6 Å². The molecule has 1 amide bonds. The van der Waals surface area contributed by atoms with Crippen LogP contribution in [0.3, 0.4) is 0 Å². The van der Waals surface area contributed by atoms with Gasteiger partial charge in [-0.2, -0.15) is 0 Å². The number of likely N-dealkylation sites (N-methyl/N-ethyl adjacent to an activating group) is 2. The summed E-state index contributed by atoms with van der Waals surface area (Å²) in [7, 11) is 2.02. The summed E-state index contributed by atoms with van der Waals surface area (Å²) >= 11 is 0. The Morgan fingerprint density at radius 2 is 2.00 bits per heavy atom. The molecule has 1 heterocycles. The number of para-hydroxylation sites is 1. The summed E-state index contributed by atoms with van der Waals surface area (Å²) in [5.41, 5.74) is 0.977. The zero-order valence-corrected chi connectivity index (χ0v) is 11.1. The fraction of sp³-hybridized carbons (Fsp3) is 0.500. The average molecular weight is 247 g/mol. The lowest BCUT2D eigenvalue weighted by atomic mass is 10.1. The molecule has 18 heavy (non-hydrogen) atoms. The minimum Gasteiger partial charge on any atom is -0.314 e. The largest absolute Gasteiger partial charge is 0.314 e. The molecule has 1 aliphatic heterocycles. The number of benzene rings is 1. The Morgan fingerprint density at radius 3 is 2.50 bits per heavy atom. The van der Waals surface area contributed by atoms with Crippen molar-refractivity contribution in [2.75, 3.05) is 38.1 Å². The predicted molar refractivity (Wildman–Crippen MR) is 73.8 cm³/mol. The number of carbonyl (C=O) groups excluding carboxylic acids is 1. The Morgan fingerprint density at radius 1 is 1.33 bits per heavy atom. The van der Waals surface area contributed by atoms with Gasteiger partial charge in [-0.3, -0.25) is 9.69 Å². The summed E-state index contributed by atoms with van der Waals surface area (Å²) in [6.07, 6.45) is 0. The summed E-state index contributed by atoms with van der Waals surface area (Å²) < 4.78 is 0. The van der Waals surface area contributed by atoms with Gasteiger partial charge in [0.25, 0.3) is 0 Å². The van der Waals surface area contributed by atoms with Crippen LogP contribution in [-0.2, 0) is 4.79 Å². The molecule has 1 saturated heterocycles. The van der Waals surface area contributed by atoms with Gasteiger partial charge < -0.3 is 10.2 Å². The monoisotopic (exact) mass is 247 g/mol. The zero-order valence-electron chi connectivity index (χ0n) is 11.1. The van der Waals surface area contributed by atoms with Crippen LogP contribution in [0.2, 0.25) is 0 Å². The van der Waals surface area contributed by atoms with Gasteiger partial charge in [-0.25, -0.2) is 0 Å². The normalized spacial score (nSPS) is 15.5. The van der Waals surface area contributed by atoms with E-state index >= 15 is 0 Å². The Kier molecular flexibility index (Phi) is 4.33. The zero-order chi connectivity index (χ0) is 13.0. The van der Waals surface area contributed by atoms with Gasteiger partial charge in [0.05, 0.1) is 6.54 Å². The predicted octanol–water partition coefficient (Wildman–Crippen LogP) is 0.943. The van der Waals surface area contributed by atoms with Gasteiger partial charge in [-0.15, -0.1) is 0 Å². The van der Waals surface area contributed by atoms with Crippen LogP contribution in [0, 0.1) is 0 Å². The molecule has 0 radical (unpaired) electrons. The molecule has 0 saturated carbocycles. The van der Waals surface area contributed by atoms with Crippen molar-refractivity contribution in [2.45, 2.75) is 13.0 Å². The number of carbonyl (C=O) groups is 1. The van der Waals surface area contributed by atoms with E-state index in [4.69, 9.17) is 0 Å². The van der Waals surface area contributed by atoms with Crippen LogP contribution in [-0.4, -0.2) is 50.1 Å².